The largest absolute Gasteiger partial charge is 0.390 e. The first kappa shape index (κ1) is 9.44. The van der Waals surface area contributed by atoms with E-state index in [0.717, 1.165) is 0 Å². The topological polar surface area (TPSA) is 66.5 Å². The highest BCUT2D eigenvalue weighted by Crippen LogP contribution is 2.66. The number of fused-ring (bicyclic) bond motifs is 1. The summed E-state index contributed by atoms with van der Waals surface area (Å²) in [4.78, 5) is 0. The molecule has 0 aromatic rings. The number of hydrogen-bond acceptors (Lipinski definition) is 3. The van der Waals surface area contributed by atoms with Gasteiger partial charge in [-0.1, -0.05) is 13.8 Å². The van der Waals surface area contributed by atoms with Crippen molar-refractivity contribution >= 4 is 0 Å². The van der Waals surface area contributed by atoms with E-state index in [1.54, 1.807) is 0 Å². The van der Waals surface area contributed by atoms with Crippen molar-refractivity contribution in [3.05, 3.63) is 0 Å². The van der Waals surface area contributed by atoms with E-state index in [2.05, 4.69) is 13.8 Å². The van der Waals surface area contributed by atoms with Crippen molar-refractivity contribution in [2.45, 2.75) is 38.4 Å². The van der Waals surface area contributed by atoms with Gasteiger partial charge in [-0.3, -0.25) is 0 Å². The van der Waals surface area contributed by atoms with Gasteiger partial charge in [-0.2, -0.15) is 0 Å². The zero-order valence-electron chi connectivity index (χ0n) is 8.33. The van der Waals surface area contributed by atoms with Gasteiger partial charge < -0.3 is 15.9 Å². The Morgan fingerprint density at radius 3 is 2.54 bits per heavy atom. The molecule has 3 heteroatoms. The Labute approximate surface area is 78.9 Å². The van der Waals surface area contributed by atoms with Gasteiger partial charge in [0.05, 0.1) is 6.10 Å². The summed E-state index contributed by atoms with van der Waals surface area (Å²) in [5.41, 5.74) is 4.77. The molecular formula is C10H19NO2. The molecule has 0 aliphatic heterocycles. The van der Waals surface area contributed by atoms with Crippen molar-refractivity contribution in [2.24, 2.45) is 23.0 Å². The van der Waals surface area contributed by atoms with Crippen LogP contribution in [0.25, 0.3) is 0 Å². The maximum Gasteiger partial charge on any atom is 0.103 e. The van der Waals surface area contributed by atoms with E-state index in [1.807, 2.05) is 0 Å². The highest BCUT2D eigenvalue weighted by molar-refractivity contribution is 5.14. The Morgan fingerprint density at radius 1 is 1.38 bits per heavy atom. The molecule has 0 saturated heterocycles. The van der Waals surface area contributed by atoms with Gasteiger partial charge in [0.25, 0.3) is 0 Å². The third-order valence-electron chi connectivity index (χ3n) is 4.31. The first-order valence-corrected chi connectivity index (χ1v) is 5.02. The first-order chi connectivity index (χ1) is 5.92. The predicted molar refractivity (Wildman–Crippen MR) is 50.0 cm³/mol. The minimum Gasteiger partial charge on any atom is -0.390 e. The summed E-state index contributed by atoms with van der Waals surface area (Å²) >= 11 is 0. The SMILES string of the molecule is CC1(C)[C@@H]2C[C@@H](O)[C@](O)(CN)C[C@@H]21. The van der Waals surface area contributed by atoms with E-state index in [0.29, 0.717) is 30.1 Å². The normalized spacial score (nSPS) is 52.8. The molecule has 2 aliphatic rings. The molecule has 2 rings (SSSR count). The molecule has 4 atom stereocenters. The Balaban J connectivity index is 2.13. The molecule has 2 aliphatic carbocycles. The van der Waals surface area contributed by atoms with Gasteiger partial charge >= 0.3 is 0 Å². The van der Waals surface area contributed by atoms with Crippen LogP contribution < -0.4 is 5.73 Å². The van der Waals surface area contributed by atoms with E-state index in [9.17, 15) is 10.2 Å². The quantitative estimate of drug-likeness (QED) is 0.543. The molecule has 0 heterocycles. The van der Waals surface area contributed by atoms with Gasteiger partial charge in [-0.05, 0) is 30.1 Å². The lowest BCUT2D eigenvalue weighted by Crippen LogP contribution is -2.51. The molecule has 2 fully saturated rings. The molecule has 0 unspecified atom stereocenters. The summed E-state index contributed by atoms with van der Waals surface area (Å²) in [6.45, 7) is 4.59. The fourth-order valence-electron chi connectivity index (χ4n) is 2.93. The van der Waals surface area contributed by atoms with E-state index in [1.165, 1.54) is 0 Å². The minimum atomic E-state index is -1.02. The maximum atomic E-state index is 10.0. The average molecular weight is 185 g/mol. The lowest BCUT2D eigenvalue weighted by atomic mass is 9.82. The van der Waals surface area contributed by atoms with Crippen molar-refractivity contribution in [1.82, 2.24) is 0 Å². The third-order valence-corrected chi connectivity index (χ3v) is 4.31. The smallest absolute Gasteiger partial charge is 0.103 e. The molecular weight excluding hydrogens is 166 g/mol. The molecule has 4 N–H and O–H groups in total. The van der Waals surface area contributed by atoms with Gasteiger partial charge in [-0.15, -0.1) is 0 Å². The predicted octanol–water partition coefficient (Wildman–Crippen LogP) is 0.103. The fraction of sp³-hybridized carbons (Fsp3) is 1.00. The van der Waals surface area contributed by atoms with Crippen LogP contribution in [0.15, 0.2) is 0 Å². The highest BCUT2D eigenvalue weighted by atomic mass is 16.3. The van der Waals surface area contributed by atoms with Crippen LogP contribution in [0.2, 0.25) is 0 Å². The molecule has 0 aromatic heterocycles. The Hall–Kier alpha value is -0.120. The molecule has 13 heavy (non-hydrogen) atoms. The van der Waals surface area contributed by atoms with Crippen LogP contribution in [0.1, 0.15) is 26.7 Å². The van der Waals surface area contributed by atoms with Gasteiger partial charge in [0.1, 0.15) is 5.60 Å². The molecule has 0 bridgehead atoms. The highest BCUT2D eigenvalue weighted by Gasteiger charge is 2.64. The van der Waals surface area contributed by atoms with Crippen LogP contribution in [-0.4, -0.2) is 28.5 Å². The minimum absolute atomic E-state index is 0.174. The Morgan fingerprint density at radius 2 is 2.00 bits per heavy atom. The molecule has 0 spiro atoms. The summed E-state index contributed by atoms with van der Waals surface area (Å²) in [7, 11) is 0. The van der Waals surface area contributed by atoms with Gasteiger partial charge in [0.15, 0.2) is 0 Å². The molecule has 2 saturated carbocycles. The zero-order chi connectivity index (χ0) is 9.85. The number of nitrogens with two attached hydrogens (primary N) is 1. The Kier molecular flexibility index (Phi) is 1.79. The van der Waals surface area contributed by atoms with Crippen LogP contribution in [0.4, 0.5) is 0 Å². The first-order valence-electron chi connectivity index (χ1n) is 5.02. The van der Waals surface area contributed by atoms with Crippen molar-refractivity contribution in [2.75, 3.05) is 6.54 Å². The van der Waals surface area contributed by atoms with Crippen LogP contribution in [0.5, 0.6) is 0 Å². The second-order valence-corrected chi connectivity index (χ2v) is 5.30. The summed E-state index contributed by atoms with van der Waals surface area (Å²) in [6.07, 6.45) is 0.758. The van der Waals surface area contributed by atoms with Crippen LogP contribution in [0.3, 0.4) is 0 Å². The van der Waals surface area contributed by atoms with Crippen molar-refractivity contribution in [3.8, 4) is 0 Å². The maximum absolute atomic E-state index is 10.0. The lowest BCUT2D eigenvalue weighted by Gasteiger charge is -2.35. The summed E-state index contributed by atoms with van der Waals surface area (Å²) in [5.74, 6) is 1.15. The lowest BCUT2D eigenvalue weighted by molar-refractivity contribution is -0.0954. The van der Waals surface area contributed by atoms with E-state index < -0.39 is 11.7 Å². The average Bonchev–Trinajstić information content (AvgIpc) is 2.56. The van der Waals surface area contributed by atoms with Gasteiger partial charge in [-0.25, -0.2) is 0 Å². The number of aliphatic hydroxyl groups is 2. The number of aliphatic hydroxyl groups excluding tert-OH is 1. The second-order valence-electron chi connectivity index (χ2n) is 5.30. The summed E-state index contributed by atoms with van der Waals surface area (Å²) < 4.78 is 0. The van der Waals surface area contributed by atoms with Crippen LogP contribution in [-0.2, 0) is 0 Å². The number of rotatable bonds is 1. The van der Waals surface area contributed by atoms with Gasteiger partial charge in [0, 0.05) is 6.54 Å². The van der Waals surface area contributed by atoms with Crippen molar-refractivity contribution in [1.29, 1.82) is 0 Å². The molecule has 0 amide bonds. The monoisotopic (exact) mass is 185 g/mol. The third kappa shape index (κ3) is 1.14. The molecule has 0 radical (unpaired) electrons. The summed E-state index contributed by atoms with van der Waals surface area (Å²) in [6, 6.07) is 0. The Bertz CT molecular complexity index is 229. The number of hydrogen-bond donors (Lipinski definition) is 3. The second kappa shape index (κ2) is 2.47. The molecule has 3 nitrogen and oxygen atoms in total. The van der Waals surface area contributed by atoms with Crippen molar-refractivity contribution in [3.63, 3.8) is 0 Å². The van der Waals surface area contributed by atoms with Crippen LogP contribution in [0, 0.1) is 17.3 Å². The van der Waals surface area contributed by atoms with Gasteiger partial charge in [0.2, 0.25) is 0 Å². The van der Waals surface area contributed by atoms with Crippen molar-refractivity contribution < 1.29 is 10.2 Å². The summed E-state index contributed by atoms with van der Waals surface area (Å²) in [5, 5.41) is 19.7. The van der Waals surface area contributed by atoms with E-state index >= 15 is 0 Å². The van der Waals surface area contributed by atoms with Crippen LogP contribution >= 0.6 is 0 Å². The zero-order valence-corrected chi connectivity index (χ0v) is 8.33. The van der Waals surface area contributed by atoms with E-state index in [4.69, 9.17) is 5.73 Å². The van der Waals surface area contributed by atoms with E-state index in [-0.39, 0.29) is 6.54 Å². The molecule has 76 valence electrons. The molecule has 0 aromatic carbocycles. The fourth-order valence-corrected chi connectivity index (χ4v) is 2.93. The standard InChI is InChI=1S/C10H19NO2/c1-9(2)6-3-8(12)10(13,5-11)4-7(6)9/h6-8,12-13H,3-5,11H2,1-2H3/t6-,7+,8-,10-/m1/s1.